The van der Waals surface area contributed by atoms with E-state index in [1.165, 1.54) is 9.71 Å². The maximum Gasteiger partial charge on any atom is 0.236 e. The molecule has 8 heteroatoms. The van der Waals surface area contributed by atoms with Gasteiger partial charge in [0.05, 0.1) is 6.54 Å². The second kappa shape index (κ2) is 10.4. The Hall–Kier alpha value is -2.87. The summed E-state index contributed by atoms with van der Waals surface area (Å²) in [7, 11) is -3.51. The van der Waals surface area contributed by atoms with E-state index in [2.05, 4.69) is 5.32 Å². The van der Waals surface area contributed by atoms with E-state index in [1.54, 1.807) is 18.2 Å². The molecule has 0 radical (unpaired) electrons. The van der Waals surface area contributed by atoms with Gasteiger partial charge >= 0.3 is 0 Å². The highest BCUT2D eigenvalue weighted by molar-refractivity contribution is 7.92. The van der Waals surface area contributed by atoms with Crippen LogP contribution in [-0.2, 0) is 21.4 Å². The van der Waals surface area contributed by atoms with Crippen molar-refractivity contribution in [2.24, 2.45) is 5.92 Å². The van der Waals surface area contributed by atoms with Crippen LogP contribution in [0, 0.1) is 5.92 Å². The maximum absolute atomic E-state index is 12.6. The van der Waals surface area contributed by atoms with Gasteiger partial charge in [-0.2, -0.15) is 4.31 Å². The number of furan rings is 1. The van der Waals surface area contributed by atoms with Crippen molar-refractivity contribution in [3.63, 3.8) is 0 Å². The zero-order valence-corrected chi connectivity index (χ0v) is 19.6. The molecule has 33 heavy (non-hydrogen) atoms. The van der Waals surface area contributed by atoms with Crippen molar-refractivity contribution in [1.29, 1.82) is 0 Å². The molecule has 0 bridgehead atoms. The Bertz CT molecular complexity index is 1210. The van der Waals surface area contributed by atoms with Gasteiger partial charge in [0.2, 0.25) is 15.9 Å². The molecular formula is C25H25ClN2O4S. The van der Waals surface area contributed by atoms with Gasteiger partial charge in [-0.05, 0) is 60.9 Å². The van der Waals surface area contributed by atoms with Gasteiger partial charge in [0.15, 0.2) is 0 Å². The molecule has 0 spiro atoms. The van der Waals surface area contributed by atoms with E-state index in [9.17, 15) is 13.2 Å². The number of benzene rings is 2. The molecule has 0 aliphatic carbocycles. The van der Waals surface area contributed by atoms with Crippen molar-refractivity contribution >= 4 is 33.6 Å². The van der Waals surface area contributed by atoms with Crippen LogP contribution in [0.2, 0.25) is 5.02 Å². The fourth-order valence-electron chi connectivity index (χ4n) is 3.75. The molecule has 1 saturated heterocycles. The van der Waals surface area contributed by atoms with Crippen LogP contribution in [0.3, 0.4) is 0 Å². The predicted octanol–water partition coefficient (Wildman–Crippen LogP) is 4.93. The van der Waals surface area contributed by atoms with E-state index >= 15 is 0 Å². The Morgan fingerprint density at radius 2 is 1.73 bits per heavy atom. The molecule has 0 atom stereocenters. The minimum absolute atomic E-state index is 0.0867. The van der Waals surface area contributed by atoms with Crippen LogP contribution < -0.4 is 5.32 Å². The number of hydrogen-bond acceptors (Lipinski definition) is 4. The molecule has 2 aromatic carbocycles. The third-order valence-electron chi connectivity index (χ3n) is 5.64. The maximum atomic E-state index is 12.6. The lowest BCUT2D eigenvalue weighted by atomic mass is 9.97. The van der Waals surface area contributed by atoms with E-state index in [1.807, 2.05) is 54.6 Å². The van der Waals surface area contributed by atoms with Crippen LogP contribution in [0.25, 0.3) is 17.4 Å². The van der Waals surface area contributed by atoms with Crippen molar-refractivity contribution in [2.45, 2.75) is 19.4 Å². The second-order valence-corrected chi connectivity index (χ2v) is 10.2. The Morgan fingerprint density at radius 1 is 1.03 bits per heavy atom. The molecule has 1 aliphatic heterocycles. The number of rotatable bonds is 7. The van der Waals surface area contributed by atoms with Crippen LogP contribution >= 0.6 is 11.6 Å². The summed E-state index contributed by atoms with van der Waals surface area (Å²) in [6.45, 7) is 0.923. The number of nitrogens with one attached hydrogen (secondary N) is 1. The standard InChI is InChI=1S/C25H25ClN2O4S/c26-22-8-6-20(7-9-22)24-11-10-23(32-24)18-27-25(29)21-12-15-28(16-13-21)33(30,31)17-14-19-4-2-1-3-5-19/h1-11,14,17,21H,12-13,15-16,18H2,(H,27,29)/b17-14+. The van der Waals surface area contributed by atoms with Gasteiger partial charge in [0.1, 0.15) is 11.5 Å². The molecule has 1 aliphatic rings. The van der Waals surface area contributed by atoms with Gasteiger partial charge in [0, 0.05) is 35.0 Å². The predicted molar refractivity (Wildman–Crippen MR) is 130 cm³/mol. The normalized spacial score (nSPS) is 15.7. The monoisotopic (exact) mass is 484 g/mol. The summed E-state index contributed by atoms with van der Waals surface area (Å²) in [4.78, 5) is 12.6. The lowest BCUT2D eigenvalue weighted by Crippen LogP contribution is -2.42. The zero-order chi connectivity index (χ0) is 23.3. The van der Waals surface area contributed by atoms with Crippen molar-refractivity contribution in [2.75, 3.05) is 13.1 Å². The summed E-state index contributed by atoms with van der Waals surface area (Å²) < 4.78 is 32.5. The number of amides is 1. The van der Waals surface area contributed by atoms with Crippen molar-refractivity contribution in [3.05, 3.63) is 88.5 Å². The van der Waals surface area contributed by atoms with Gasteiger partial charge in [-0.3, -0.25) is 4.79 Å². The quantitative estimate of drug-likeness (QED) is 0.515. The molecule has 4 rings (SSSR count). The molecule has 1 aromatic heterocycles. The number of halogens is 1. The first-order valence-corrected chi connectivity index (χ1v) is 12.6. The van der Waals surface area contributed by atoms with Crippen LogP contribution in [0.15, 0.2) is 76.6 Å². The van der Waals surface area contributed by atoms with E-state index in [4.69, 9.17) is 16.0 Å². The summed E-state index contributed by atoms with van der Waals surface area (Å²) in [5.74, 6) is 1.05. The van der Waals surface area contributed by atoms with Crippen LogP contribution in [0.1, 0.15) is 24.2 Å². The Balaban J connectivity index is 1.26. The van der Waals surface area contributed by atoms with Gasteiger partial charge in [-0.25, -0.2) is 8.42 Å². The number of carbonyl (C=O) groups is 1. The molecule has 1 N–H and O–H groups in total. The molecule has 172 valence electrons. The van der Waals surface area contributed by atoms with Crippen LogP contribution in [-0.4, -0.2) is 31.7 Å². The first-order chi connectivity index (χ1) is 15.9. The largest absolute Gasteiger partial charge is 0.459 e. The van der Waals surface area contributed by atoms with Crippen LogP contribution in [0.5, 0.6) is 0 Å². The topological polar surface area (TPSA) is 79.6 Å². The third kappa shape index (κ3) is 6.13. The third-order valence-corrected chi connectivity index (χ3v) is 7.46. The lowest BCUT2D eigenvalue weighted by molar-refractivity contribution is -0.126. The Labute approximate surface area is 198 Å². The van der Waals surface area contributed by atoms with E-state index in [0.29, 0.717) is 42.5 Å². The highest BCUT2D eigenvalue weighted by Gasteiger charge is 2.29. The average Bonchev–Trinajstić information content (AvgIpc) is 3.31. The number of carbonyl (C=O) groups excluding carboxylic acids is 1. The second-order valence-electron chi connectivity index (χ2n) is 7.92. The summed E-state index contributed by atoms with van der Waals surface area (Å²) >= 11 is 5.92. The summed E-state index contributed by atoms with van der Waals surface area (Å²) in [5.41, 5.74) is 1.74. The summed E-state index contributed by atoms with van der Waals surface area (Å²) in [5, 5.41) is 4.80. The molecule has 0 saturated carbocycles. The number of sulfonamides is 1. The molecule has 1 amide bonds. The van der Waals surface area contributed by atoms with Crippen molar-refractivity contribution in [3.8, 4) is 11.3 Å². The highest BCUT2D eigenvalue weighted by Crippen LogP contribution is 2.24. The highest BCUT2D eigenvalue weighted by atomic mass is 35.5. The summed E-state index contributed by atoms with van der Waals surface area (Å²) in [6.07, 6.45) is 2.56. The first-order valence-electron chi connectivity index (χ1n) is 10.8. The lowest BCUT2D eigenvalue weighted by Gasteiger charge is -2.29. The average molecular weight is 485 g/mol. The zero-order valence-electron chi connectivity index (χ0n) is 18.0. The van der Waals surface area contributed by atoms with Crippen molar-refractivity contribution in [1.82, 2.24) is 9.62 Å². The minimum Gasteiger partial charge on any atom is -0.459 e. The Morgan fingerprint density at radius 3 is 2.42 bits per heavy atom. The van der Waals surface area contributed by atoms with Crippen molar-refractivity contribution < 1.29 is 17.6 Å². The van der Waals surface area contributed by atoms with Crippen LogP contribution in [0.4, 0.5) is 0 Å². The van der Waals surface area contributed by atoms with E-state index in [0.717, 1.165) is 11.1 Å². The van der Waals surface area contributed by atoms with E-state index < -0.39 is 10.0 Å². The molecule has 3 aromatic rings. The first kappa shape index (κ1) is 23.3. The fourth-order valence-corrected chi connectivity index (χ4v) is 5.10. The molecule has 0 unspecified atom stereocenters. The Kier molecular flexibility index (Phi) is 7.33. The molecule has 2 heterocycles. The van der Waals surface area contributed by atoms with Gasteiger partial charge in [-0.15, -0.1) is 0 Å². The fraction of sp³-hybridized carbons (Fsp3) is 0.240. The van der Waals surface area contributed by atoms with Gasteiger partial charge in [0.25, 0.3) is 0 Å². The van der Waals surface area contributed by atoms with Gasteiger partial charge in [-0.1, -0.05) is 41.9 Å². The molecule has 6 nitrogen and oxygen atoms in total. The molecular weight excluding hydrogens is 460 g/mol. The summed E-state index contributed by atoms with van der Waals surface area (Å²) in [6, 6.07) is 20.3. The number of piperidine rings is 1. The van der Waals surface area contributed by atoms with E-state index in [-0.39, 0.29) is 18.4 Å². The number of hydrogen-bond donors (Lipinski definition) is 1. The van der Waals surface area contributed by atoms with Gasteiger partial charge < -0.3 is 9.73 Å². The number of nitrogens with zero attached hydrogens (tertiary/aromatic N) is 1. The smallest absolute Gasteiger partial charge is 0.236 e. The SMILES string of the molecule is O=C(NCc1ccc(-c2ccc(Cl)cc2)o1)C1CCN(S(=O)(=O)/C=C/c2ccccc2)CC1. The minimum atomic E-state index is -3.51. The molecule has 1 fully saturated rings.